The van der Waals surface area contributed by atoms with Crippen LogP contribution in [-0.4, -0.2) is 17.7 Å². The first-order chi connectivity index (χ1) is 8.10. The summed E-state index contributed by atoms with van der Waals surface area (Å²) in [6, 6.07) is 1.81. The molecule has 0 spiro atoms. The van der Waals surface area contributed by atoms with E-state index in [4.69, 9.17) is 0 Å². The van der Waals surface area contributed by atoms with E-state index in [0.29, 0.717) is 18.0 Å². The molecule has 19 heavy (non-hydrogen) atoms. The fourth-order valence-electron chi connectivity index (χ4n) is 0.894. The average Bonchev–Trinajstić information content (AvgIpc) is 2.24. The zero-order valence-corrected chi connectivity index (χ0v) is 13.8. The molecule has 0 saturated heterocycles. The van der Waals surface area contributed by atoms with E-state index >= 15 is 0 Å². The number of nitrogens with zero attached hydrogens (tertiary/aromatic N) is 1. The molecule has 1 rings (SSSR count). The Balaban J connectivity index is 0.00000324. The SMILES string of the molecule is C=C(CSc1ccc(C(F)(F)F)cn1)[B-](F)(F)F.[K+]. The van der Waals surface area contributed by atoms with E-state index in [-0.39, 0.29) is 56.4 Å². The molecule has 0 aliphatic rings. The molecule has 0 saturated carbocycles. The third kappa shape index (κ3) is 6.67. The summed E-state index contributed by atoms with van der Waals surface area (Å²) in [7, 11) is 0. The minimum Gasteiger partial charge on any atom is -0.445 e. The van der Waals surface area contributed by atoms with Gasteiger partial charge in [0.2, 0.25) is 0 Å². The van der Waals surface area contributed by atoms with Gasteiger partial charge in [-0.15, -0.1) is 23.8 Å². The van der Waals surface area contributed by atoms with Crippen LogP contribution in [0.5, 0.6) is 0 Å². The number of rotatable bonds is 4. The summed E-state index contributed by atoms with van der Waals surface area (Å²) in [5.74, 6) is -0.443. The van der Waals surface area contributed by atoms with E-state index in [9.17, 15) is 26.1 Å². The number of hydrogen-bond acceptors (Lipinski definition) is 2. The van der Waals surface area contributed by atoms with E-state index in [1.54, 1.807) is 0 Å². The van der Waals surface area contributed by atoms with Gasteiger partial charge in [-0.05, 0) is 17.9 Å². The Kier molecular flexibility index (Phi) is 7.71. The van der Waals surface area contributed by atoms with Gasteiger partial charge in [0.25, 0.3) is 0 Å². The molecular weight excluding hydrogens is 318 g/mol. The number of aromatic nitrogens is 1. The Bertz CT molecular complexity index is 430. The maximum Gasteiger partial charge on any atom is 1.00 e. The average molecular weight is 325 g/mol. The Morgan fingerprint density at radius 3 is 2.21 bits per heavy atom. The Morgan fingerprint density at radius 2 is 1.84 bits per heavy atom. The van der Waals surface area contributed by atoms with Crippen molar-refractivity contribution in [1.82, 2.24) is 4.98 Å². The molecule has 0 aliphatic heterocycles. The van der Waals surface area contributed by atoms with Gasteiger partial charge in [0.05, 0.1) is 10.6 Å². The van der Waals surface area contributed by atoms with Crippen LogP contribution >= 0.6 is 11.8 Å². The second kappa shape index (κ2) is 7.51. The molecule has 1 aromatic rings. The van der Waals surface area contributed by atoms with Gasteiger partial charge >= 0.3 is 64.5 Å². The molecule has 0 amide bonds. The van der Waals surface area contributed by atoms with Gasteiger partial charge in [0.1, 0.15) is 0 Å². The van der Waals surface area contributed by atoms with Crippen LogP contribution in [0.4, 0.5) is 26.1 Å². The van der Waals surface area contributed by atoms with E-state index in [0.717, 1.165) is 12.1 Å². The zero-order chi connectivity index (χ0) is 14.0. The molecule has 0 bridgehead atoms. The Labute approximate surface area is 152 Å². The molecule has 0 fully saturated rings. The van der Waals surface area contributed by atoms with Crippen LogP contribution in [0.2, 0.25) is 0 Å². The van der Waals surface area contributed by atoms with Gasteiger partial charge in [-0.25, -0.2) is 4.98 Å². The third-order valence-corrected chi connectivity index (χ3v) is 2.98. The molecule has 1 heterocycles. The van der Waals surface area contributed by atoms with Gasteiger partial charge in [-0.2, -0.15) is 13.2 Å². The molecule has 0 aliphatic carbocycles. The predicted octanol–water partition coefficient (Wildman–Crippen LogP) is 1.14. The van der Waals surface area contributed by atoms with Crippen LogP contribution in [0.3, 0.4) is 0 Å². The molecule has 0 N–H and O–H groups in total. The molecule has 1 aromatic heterocycles. The molecule has 100 valence electrons. The summed E-state index contributed by atoms with van der Waals surface area (Å²) < 4.78 is 73.0. The van der Waals surface area contributed by atoms with Crippen molar-refractivity contribution in [2.24, 2.45) is 0 Å². The van der Waals surface area contributed by atoms with Crippen molar-refractivity contribution in [2.45, 2.75) is 11.2 Å². The fraction of sp³-hybridized carbons (Fsp3) is 0.222. The maximum atomic E-state index is 12.2. The number of hydrogen-bond donors (Lipinski definition) is 0. The Hall–Kier alpha value is 0.521. The predicted molar refractivity (Wildman–Crippen MR) is 58.2 cm³/mol. The van der Waals surface area contributed by atoms with E-state index in [2.05, 4.69) is 11.6 Å². The van der Waals surface area contributed by atoms with Crippen LogP contribution < -0.4 is 51.4 Å². The quantitative estimate of drug-likeness (QED) is 0.468. The second-order valence-corrected chi connectivity index (χ2v) is 4.40. The first kappa shape index (κ1) is 19.5. The standard InChI is InChI=1S/C9H7BF6NS.K/c1-6(10(14,15)16)5-18-8-3-2-7(4-17-8)9(11,12)13;/h2-4H,1,5H2;/q-1;+1. The van der Waals surface area contributed by atoms with Crippen molar-refractivity contribution in [2.75, 3.05) is 5.75 Å². The second-order valence-electron chi connectivity index (χ2n) is 3.40. The van der Waals surface area contributed by atoms with E-state index in [1.165, 1.54) is 0 Å². The fourth-order valence-corrected chi connectivity index (χ4v) is 1.71. The zero-order valence-electron chi connectivity index (χ0n) is 9.85. The van der Waals surface area contributed by atoms with Crippen molar-refractivity contribution in [1.29, 1.82) is 0 Å². The van der Waals surface area contributed by atoms with Crippen LogP contribution in [0.15, 0.2) is 35.4 Å². The van der Waals surface area contributed by atoms with E-state index < -0.39 is 29.9 Å². The van der Waals surface area contributed by atoms with Crippen LogP contribution in [0.25, 0.3) is 0 Å². The number of alkyl halides is 3. The molecule has 0 atom stereocenters. The summed E-state index contributed by atoms with van der Waals surface area (Å²) in [6.07, 6.45) is -3.92. The summed E-state index contributed by atoms with van der Waals surface area (Å²) in [4.78, 5) is 3.44. The van der Waals surface area contributed by atoms with Crippen LogP contribution in [0, 0.1) is 0 Å². The number of thioether (sulfide) groups is 1. The summed E-state index contributed by atoms with van der Waals surface area (Å²) in [6.45, 7) is -2.25. The molecule has 0 unspecified atom stereocenters. The first-order valence-electron chi connectivity index (χ1n) is 4.64. The van der Waals surface area contributed by atoms with Crippen LogP contribution in [-0.2, 0) is 6.18 Å². The summed E-state index contributed by atoms with van der Waals surface area (Å²) in [5, 5.41) is 0.0872. The number of pyridine rings is 1. The first-order valence-corrected chi connectivity index (χ1v) is 5.63. The molecular formula is C9H7BF6KNS. The van der Waals surface area contributed by atoms with Crippen molar-refractivity contribution >= 4 is 18.7 Å². The van der Waals surface area contributed by atoms with Crippen molar-refractivity contribution in [3.63, 3.8) is 0 Å². The topological polar surface area (TPSA) is 12.9 Å². The van der Waals surface area contributed by atoms with Gasteiger partial charge in [0, 0.05) is 6.20 Å². The number of halogens is 6. The van der Waals surface area contributed by atoms with E-state index in [1.807, 2.05) is 0 Å². The minimum atomic E-state index is -5.12. The third-order valence-electron chi connectivity index (χ3n) is 1.93. The normalized spacial score (nSPS) is 11.9. The summed E-state index contributed by atoms with van der Waals surface area (Å²) >= 11 is 0.692. The largest absolute Gasteiger partial charge is 1.00 e. The minimum absolute atomic E-state index is 0. The van der Waals surface area contributed by atoms with Gasteiger partial charge in [-0.1, -0.05) is 0 Å². The van der Waals surface area contributed by atoms with Crippen molar-refractivity contribution in [3.05, 3.63) is 35.9 Å². The maximum absolute atomic E-state index is 12.2. The molecule has 0 aromatic carbocycles. The van der Waals surface area contributed by atoms with Crippen LogP contribution in [0.1, 0.15) is 5.56 Å². The Morgan fingerprint density at radius 1 is 1.26 bits per heavy atom. The van der Waals surface area contributed by atoms with Crippen molar-refractivity contribution < 1.29 is 77.5 Å². The molecule has 10 heteroatoms. The van der Waals surface area contributed by atoms with Gasteiger partial charge in [0.15, 0.2) is 0 Å². The van der Waals surface area contributed by atoms with Crippen molar-refractivity contribution in [3.8, 4) is 0 Å². The smallest absolute Gasteiger partial charge is 0.445 e. The summed E-state index contributed by atoms with van der Waals surface area (Å²) in [5.41, 5.74) is -1.84. The van der Waals surface area contributed by atoms with Gasteiger partial charge < -0.3 is 12.9 Å². The molecule has 0 radical (unpaired) electrons. The monoisotopic (exact) mass is 325 g/mol. The molecule has 1 nitrogen and oxygen atoms in total. The van der Waals surface area contributed by atoms with Gasteiger partial charge in [-0.3, -0.25) is 0 Å².